The number of carbonyl (C=O) groups is 1. The van der Waals surface area contributed by atoms with Crippen molar-refractivity contribution in [1.29, 1.82) is 0 Å². The van der Waals surface area contributed by atoms with Crippen LogP contribution in [0.5, 0.6) is 5.75 Å². The maximum absolute atomic E-state index is 13.3. The van der Waals surface area contributed by atoms with Crippen molar-refractivity contribution in [2.75, 3.05) is 26.7 Å². The molecule has 0 aromatic heterocycles. The SMILES string of the molecule is CCNC(=O)C1CC(c2ccc(F)cc2)CN(Cc2ccc(OC)cc2)C1. The summed E-state index contributed by atoms with van der Waals surface area (Å²) in [6, 6.07) is 14.7. The molecular formula is C22H27FN2O2. The summed E-state index contributed by atoms with van der Waals surface area (Å²) in [6.45, 7) is 4.93. The van der Waals surface area contributed by atoms with Crippen molar-refractivity contribution in [3.05, 3.63) is 65.5 Å². The Hall–Kier alpha value is -2.40. The maximum Gasteiger partial charge on any atom is 0.224 e. The van der Waals surface area contributed by atoms with Crippen molar-refractivity contribution >= 4 is 5.91 Å². The van der Waals surface area contributed by atoms with Crippen molar-refractivity contribution in [3.8, 4) is 5.75 Å². The van der Waals surface area contributed by atoms with Gasteiger partial charge in [-0.1, -0.05) is 24.3 Å². The maximum atomic E-state index is 13.3. The predicted octanol–water partition coefficient (Wildman–Crippen LogP) is 3.58. The highest BCUT2D eigenvalue weighted by atomic mass is 19.1. The van der Waals surface area contributed by atoms with Crippen LogP contribution in [0.4, 0.5) is 4.39 Å². The van der Waals surface area contributed by atoms with E-state index in [0.717, 1.165) is 37.4 Å². The number of rotatable bonds is 6. The second kappa shape index (κ2) is 9.00. The predicted molar refractivity (Wildman–Crippen MR) is 104 cm³/mol. The Morgan fingerprint density at radius 1 is 1.15 bits per heavy atom. The fourth-order valence-electron chi connectivity index (χ4n) is 3.79. The van der Waals surface area contributed by atoms with Gasteiger partial charge < -0.3 is 10.1 Å². The van der Waals surface area contributed by atoms with E-state index in [0.29, 0.717) is 6.54 Å². The summed E-state index contributed by atoms with van der Waals surface area (Å²) >= 11 is 0. The molecule has 0 radical (unpaired) electrons. The number of amides is 1. The number of hydrogen-bond donors (Lipinski definition) is 1. The Morgan fingerprint density at radius 2 is 1.85 bits per heavy atom. The first-order chi connectivity index (χ1) is 13.1. The molecule has 2 aromatic carbocycles. The molecule has 1 fully saturated rings. The van der Waals surface area contributed by atoms with Crippen LogP contribution in [0.2, 0.25) is 0 Å². The number of piperidine rings is 1. The Bertz CT molecular complexity index is 746. The zero-order valence-corrected chi connectivity index (χ0v) is 16.0. The quantitative estimate of drug-likeness (QED) is 0.845. The zero-order valence-electron chi connectivity index (χ0n) is 16.0. The van der Waals surface area contributed by atoms with E-state index in [1.54, 1.807) is 7.11 Å². The van der Waals surface area contributed by atoms with Crippen molar-refractivity contribution in [3.63, 3.8) is 0 Å². The van der Waals surface area contributed by atoms with Crippen molar-refractivity contribution in [1.82, 2.24) is 10.2 Å². The molecule has 0 saturated carbocycles. The van der Waals surface area contributed by atoms with E-state index in [1.165, 1.54) is 17.7 Å². The third-order valence-electron chi connectivity index (χ3n) is 5.15. The van der Waals surface area contributed by atoms with E-state index in [1.807, 2.05) is 31.2 Å². The summed E-state index contributed by atoms with van der Waals surface area (Å²) in [6.07, 6.45) is 0.788. The lowest BCUT2D eigenvalue weighted by atomic mass is 9.84. The largest absolute Gasteiger partial charge is 0.497 e. The summed E-state index contributed by atoms with van der Waals surface area (Å²) in [4.78, 5) is 14.8. The topological polar surface area (TPSA) is 41.6 Å². The lowest BCUT2D eigenvalue weighted by Crippen LogP contribution is -2.45. The van der Waals surface area contributed by atoms with Crippen LogP contribution in [0.25, 0.3) is 0 Å². The highest BCUT2D eigenvalue weighted by molar-refractivity contribution is 5.79. The molecule has 5 heteroatoms. The third kappa shape index (κ3) is 5.07. The smallest absolute Gasteiger partial charge is 0.224 e. The second-order valence-corrected chi connectivity index (χ2v) is 7.12. The molecule has 1 amide bonds. The van der Waals surface area contributed by atoms with E-state index in [4.69, 9.17) is 4.74 Å². The molecule has 144 valence electrons. The van der Waals surface area contributed by atoms with Gasteiger partial charge in [0.05, 0.1) is 13.0 Å². The van der Waals surface area contributed by atoms with Crippen molar-refractivity contribution in [2.45, 2.75) is 25.8 Å². The van der Waals surface area contributed by atoms with Crippen LogP contribution in [-0.2, 0) is 11.3 Å². The molecule has 0 aliphatic carbocycles. The average Bonchev–Trinajstić information content (AvgIpc) is 2.69. The van der Waals surface area contributed by atoms with E-state index < -0.39 is 0 Å². The Labute approximate surface area is 160 Å². The molecule has 3 rings (SSSR count). The second-order valence-electron chi connectivity index (χ2n) is 7.12. The Morgan fingerprint density at radius 3 is 2.48 bits per heavy atom. The zero-order chi connectivity index (χ0) is 19.2. The summed E-state index contributed by atoms with van der Waals surface area (Å²) < 4.78 is 18.5. The van der Waals surface area contributed by atoms with Crippen LogP contribution in [0, 0.1) is 11.7 Å². The standard InChI is InChI=1S/C22H27FN2O2/c1-3-24-22(26)19-12-18(17-6-8-20(23)9-7-17)14-25(15-19)13-16-4-10-21(27-2)11-5-16/h4-11,18-19H,3,12-15H2,1-2H3,(H,24,26). The molecule has 1 heterocycles. The molecule has 1 aliphatic heterocycles. The van der Waals surface area contributed by atoms with Crippen LogP contribution < -0.4 is 10.1 Å². The van der Waals surface area contributed by atoms with Gasteiger partial charge in [-0.15, -0.1) is 0 Å². The van der Waals surface area contributed by atoms with Crippen LogP contribution in [-0.4, -0.2) is 37.6 Å². The first-order valence-electron chi connectivity index (χ1n) is 9.47. The van der Waals surface area contributed by atoms with Gasteiger partial charge in [0, 0.05) is 26.2 Å². The molecule has 1 N–H and O–H groups in total. The van der Waals surface area contributed by atoms with Crippen molar-refractivity contribution < 1.29 is 13.9 Å². The number of halogens is 1. The number of ether oxygens (including phenoxy) is 1. The molecule has 27 heavy (non-hydrogen) atoms. The van der Waals surface area contributed by atoms with Crippen molar-refractivity contribution in [2.24, 2.45) is 5.92 Å². The van der Waals surface area contributed by atoms with Gasteiger partial charge in [0.25, 0.3) is 0 Å². The minimum atomic E-state index is -0.232. The number of nitrogens with one attached hydrogen (secondary N) is 1. The number of nitrogens with zero attached hydrogens (tertiary/aromatic N) is 1. The number of benzene rings is 2. The van der Waals surface area contributed by atoms with E-state index >= 15 is 0 Å². The Kier molecular flexibility index (Phi) is 6.45. The number of methoxy groups -OCH3 is 1. The third-order valence-corrected chi connectivity index (χ3v) is 5.15. The molecule has 2 atom stereocenters. The highest BCUT2D eigenvalue weighted by Gasteiger charge is 2.32. The number of hydrogen-bond acceptors (Lipinski definition) is 3. The van der Waals surface area contributed by atoms with Gasteiger partial charge in [-0.2, -0.15) is 0 Å². The molecule has 0 spiro atoms. The number of carbonyl (C=O) groups excluding carboxylic acids is 1. The minimum Gasteiger partial charge on any atom is -0.497 e. The van der Waals surface area contributed by atoms with Crippen LogP contribution in [0.1, 0.15) is 30.4 Å². The first kappa shape index (κ1) is 19.4. The summed E-state index contributed by atoms with van der Waals surface area (Å²) in [5.74, 6) is 0.855. The first-order valence-corrected chi connectivity index (χ1v) is 9.47. The van der Waals surface area contributed by atoms with Gasteiger partial charge in [0.15, 0.2) is 0 Å². The van der Waals surface area contributed by atoms with Gasteiger partial charge in [-0.05, 0) is 54.7 Å². The van der Waals surface area contributed by atoms with Gasteiger partial charge in [0.2, 0.25) is 5.91 Å². The fourth-order valence-corrected chi connectivity index (χ4v) is 3.79. The molecule has 0 bridgehead atoms. The Balaban J connectivity index is 1.76. The molecule has 2 unspecified atom stereocenters. The van der Waals surface area contributed by atoms with Crippen LogP contribution >= 0.6 is 0 Å². The number of likely N-dealkylation sites (tertiary alicyclic amines) is 1. The lowest BCUT2D eigenvalue weighted by Gasteiger charge is -2.37. The summed E-state index contributed by atoms with van der Waals surface area (Å²) in [5, 5.41) is 2.95. The minimum absolute atomic E-state index is 0.0630. The molecule has 2 aromatic rings. The van der Waals surface area contributed by atoms with Crippen LogP contribution in [0.15, 0.2) is 48.5 Å². The monoisotopic (exact) mass is 370 g/mol. The highest BCUT2D eigenvalue weighted by Crippen LogP contribution is 2.31. The molecule has 1 saturated heterocycles. The van der Waals surface area contributed by atoms with E-state index in [2.05, 4.69) is 22.3 Å². The van der Waals surface area contributed by atoms with Gasteiger partial charge in [-0.3, -0.25) is 9.69 Å². The van der Waals surface area contributed by atoms with Gasteiger partial charge in [-0.25, -0.2) is 4.39 Å². The van der Waals surface area contributed by atoms with E-state index in [-0.39, 0.29) is 23.6 Å². The van der Waals surface area contributed by atoms with Gasteiger partial charge >= 0.3 is 0 Å². The average molecular weight is 370 g/mol. The summed E-state index contributed by atoms with van der Waals surface area (Å²) in [5.41, 5.74) is 2.27. The molecule has 4 nitrogen and oxygen atoms in total. The van der Waals surface area contributed by atoms with Crippen LogP contribution in [0.3, 0.4) is 0 Å². The van der Waals surface area contributed by atoms with E-state index in [9.17, 15) is 9.18 Å². The van der Waals surface area contributed by atoms with Gasteiger partial charge in [0.1, 0.15) is 11.6 Å². The summed E-state index contributed by atoms with van der Waals surface area (Å²) in [7, 11) is 1.66. The fraction of sp³-hybridized carbons (Fsp3) is 0.409. The molecule has 1 aliphatic rings. The molecular weight excluding hydrogens is 343 g/mol. The normalized spacial score (nSPS) is 20.3. The lowest BCUT2D eigenvalue weighted by molar-refractivity contribution is -0.127.